The number of hydrogen-bond acceptors (Lipinski definition) is 4. The summed E-state index contributed by atoms with van der Waals surface area (Å²) in [5.41, 5.74) is 2.43. The Morgan fingerprint density at radius 3 is 2.94 bits per heavy atom. The number of benzene rings is 1. The lowest BCUT2D eigenvalue weighted by atomic mass is 10.2. The largest absolute Gasteiger partial charge is 0.497 e. The highest BCUT2D eigenvalue weighted by atomic mass is 16.5. The van der Waals surface area contributed by atoms with Gasteiger partial charge >= 0.3 is 0 Å². The lowest BCUT2D eigenvalue weighted by Crippen LogP contribution is -1.88. The standard InChI is InChI=1S/C14H14N2O2/c1-18-14-6-12(10-17)5-13(7-14)16-9-11-3-2-4-15-8-11/h2-9,17H,10H2,1H3. The minimum Gasteiger partial charge on any atom is -0.497 e. The van der Waals surface area contributed by atoms with Crippen LogP contribution < -0.4 is 4.74 Å². The van der Waals surface area contributed by atoms with Crippen molar-refractivity contribution in [2.75, 3.05) is 7.11 Å². The smallest absolute Gasteiger partial charge is 0.121 e. The van der Waals surface area contributed by atoms with Crippen LogP contribution in [0.1, 0.15) is 11.1 Å². The van der Waals surface area contributed by atoms with Crippen molar-refractivity contribution in [1.29, 1.82) is 0 Å². The molecule has 1 heterocycles. The highest BCUT2D eigenvalue weighted by Gasteiger charge is 1.99. The van der Waals surface area contributed by atoms with E-state index in [1.807, 2.05) is 24.3 Å². The van der Waals surface area contributed by atoms with E-state index in [1.165, 1.54) is 0 Å². The lowest BCUT2D eigenvalue weighted by molar-refractivity contribution is 0.281. The summed E-state index contributed by atoms with van der Waals surface area (Å²) < 4.78 is 5.15. The highest BCUT2D eigenvalue weighted by Crippen LogP contribution is 2.23. The molecule has 0 fully saturated rings. The molecule has 4 heteroatoms. The molecule has 0 atom stereocenters. The number of ether oxygens (including phenoxy) is 1. The molecule has 0 radical (unpaired) electrons. The summed E-state index contributed by atoms with van der Waals surface area (Å²) in [4.78, 5) is 8.35. The molecule has 0 saturated carbocycles. The van der Waals surface area contributed by atoms with Crippen molar-refractivity contribution in [2.45, 2.75) is 6.61 Å². The van der Waals surface area contributed by atoms with Gasteiger partial charge in [0.05, 0.1) is 19.4 Å². The number of pyridine rings is 1. The van der Waals surface area contributed by atoms with Gasteiger partial charge in [-0.15, -0.1) is 0 Å². The Morgan fingerprint density at radius 2 is 2.28 bits per heavy atom. The van der Waals surface area contributed by atoms with Crippen LogP contribution in [0, 0.1) is 0 Å². The second-order valence-corrected chi connectivity index (χ2v) is 3.74. The molecular weight excluding hydrogens is 228 g/mol. The van der Waals surface area contributed by atoms with Gasteiger partial charge in [0, 0.05) is 30.2 Å². The molecule has 92 valence electrons. The highest BCUT2D eigenvalue weighted by molar-refractivity contribution is 5.81. The van der Waals surface area contributed by atoms with E-state index in [2.05, 4.69) is 9.98 Å². The number of aliphatic hydroxyl groups excluding tert-OH is 1. The number of aromatic nitrogens is 1. The van der Waals surface area contributed by atoms with Crippen molar-refractivity contribution in [3.05, 3.63) is 53.9 Å². The fraction of sp³-hybridized carbons (Fsp3) is 0.143. The minimum atomic E-state index is -0.0351. The van der Waals surface area contributed by atoms with Gasteiger partial charge in [-0.25, -0.2) is 0 Å². The van der Waals surface area contributed by atoms with Crippen LogP contribution in [0.3, 0.4) is 0 Å². The van der Waals surface area contributed by atoms with Crippen LogP contribution in [-0.2, 0) is 6.61 Å². The van der Waals surface area contributed by atoms with E-state index in [-0.39, 0.29) is 6.61 Å². The normalized spacial score (nSPS) is 10.8. The van der Waals surface area contributed by atoms with E-state index >= 15 is 0 Å². The molecule has 1 aromatic carbocycles. The van der Waals surface area contributed by atoms with Crippen molar-refractivity contribution in [3.63, 3.8) is 0 Å². The zero-order valence-electron chi connectivity index (χ0n) is 10.1. The van der Waals surface area contributed by atoms with Gasteiger partial charge in [-0.05, 0) is 23.8 Å². The summed E-state index contributed by atoms with van der Waals surface area (Å²) in [7, 11) is 1.59. The Balaban J connectivity index is 2.25. The summed E-state index contributed by atoms with van der Waals surface area (Å²) >= 11 is 0. The molecular formula is C14H14N2O2. The third-order valence-corrected chi connectivity index (χ3v) is 2.42. The molecule has 0 spiro atoms. The van der Waals surface area contributed by atoms with Gasteiger partial charge in [-0.3, -0.25) is 9.98 Å². The number of aliphatic hydroxyl groups is 1. The van der Waals surface area contributed by atoms with Gasteiger partial charge in [0.25, 0.3) is 0 Å². The Labute approximate surface area is 106 Å². The zero-order chi connectivity index (χ0) is 12.8. The quantitative estimate of drug-likeness (QED) is 0.837. The van der Waals surface area contributed by atoms with Gasteiger partial charge in [-0.2, -0.15) is 0 Å². The molecule has 1 N–H and O–H groups in total. The molecule has 0 aliphatic heterocycles. The molecule has 4 nitrogen and oxygen atoms in total. The minimum absolute atomic E-state index is 0.0351. The molecule has 0 aliphatic carbocycles. The molecule has 0 unspecified atom stereocenters. The first kappa shape index (κ1) is 12.3. The SMILES string of the molecule is COc1cc(CO)cc(N=Cc2cccnc2)c1. The predicted octanol–water partition coefficient (Wildman–Crippen LogP) is 2.33. The van der Waals surface area contributed by atoms with Crippen molar-refractivity contribution < 1.29 is 9.84 Å². The van der Waals surface area contributed by atoms with Crippen LogP contribution in [-0.4, -0.2) is 23.4 Å². The lowest BCUT2D eigenvalue weighted by Gasteiger charge is -2.04. The Morgan fingerprint density at radius 1 is 1.39 bits per heavy atom. The molecule has 1 aromatic heterocycles. The van der Waals surface area contributed by atoms with E-state index in [0.717, 1.165) is 16.8 Å². The second-order valence-electron chi connectivity index (χ2n) is 3.74. The van der Waals surface area contributed by atoms with Crippen LogP contribution in [0.15, 0.2) is 47.7 Å². The second kappa shape index (κ2) is 5.93. The average Bonchev–Trinajstić information content (AvgIpc) is 2.45. The van der Waals surface area contributed by atoms with E-state index in [9.17, 15) is 0 Å². The van der Waals surface area contributed by atoms with E-state index in [4.69, 9.17) is 9.84 Å². The third-order valence-electron chi connectivity index (χ3n) is 2.42. The molecule has 2 rings (SSSR count). The summed E-state index contributed by atoms with van der Waals surface area (Å²) in [5.74, 6) is 0.680. The predicted molar refractivity (Wildman–Crippen MR) is 70.4 cm³/mol. The van der Waals surface area contributed by atoms with Crippen molar-refractivity contribution in [1.82, 2.24) is 4.98 Å². The van der Waals surface area contributed by atoms with Crippen LogP contribution in [0.4, 0.5) is 5.69 Å². The number of rotatable bonds is 4. The number of aliphatic imine (C=N–C) groups is 1. The number of hydrogen-bond donors (Lipinski definition) is 1. The number of methoxy groups -OCH3 is 1. The first-order valence-corrected chi connectivity index (χ1v) is 5.55. The average molecular weight is 242 g/mol. The van der Waals surface area contributed by atoms with Crippen molar-refractivity contribution in [2.24, 2.45) is 4.99 Å². The van der Waals surface area contributed by atoms with Crippen LogP contribution in [0.2, 0.25) is 0 Å². The third kappa shape index (κ3) is 3.15. The first-order valence-electron chi connectivity index (χ1n) is 5.55. The van der Waals surface area contributed by atoms with E-state index in [1.54, 1.807) is 31.8 Å². The Bertz CT molecular complexity index is 516. The summed E-state index contributed by atoms with van der Waals surface area (Å²) in [5, 5.41) is 9.15. The van der Waals surface area contributed by atoms with E-state index in [0.29, 0.717) is 5.75 Å². The fourth-order valence-corrected chi connectivity index (χ4v) is 1.53. The molecule has 0 amide bonds. The molecule has 18 heavy (non-hydrogen) atoms. The number of nitrogens with zero attached hydrogens (tertiary/aromatic N) is 2. The van der Waals surface area contributed by atoms with Crippen molar-refractivity contribution >= 4 is 11.9 Å². The molecule has 0 bridgehead atoms. The maximum absolute atomic E-state index is 9.15. The van der Waals surface area contributed by atoms with Crippen LogP contribution in [0.5, 0.6) is 5.75 Å². The van der Waals surface area contributed by atoms with Gasteiger partial charge < -0.3 is 9.84 Å². The van der Waals surface area contributed by atoms with Crippen LogP contribution in [0.25, 0.3) is 0 Å². The molecule has 2 aromatic rings. The van der Waals surface area contributed by atoms with Crippen LogP contribution >= 0.6 is 0 Å². The molecule has 0 saturated heterocycles. The Kier molecular flexibility index (Phi) is 4.04. The van der Waals surface area contributed by atoms with Gasteiger partial charge in [-0.1, -0.05) is 6.07 Å². The van der Waals surface area contributed by atoms with E-state index < -0.39 is 0 Å². The summed E-state index contributed by atoms with van der Waals surface area (Å²) in [6.45, 7) is -0.0351. The topological polar surface area (TPSA) is 54.7 Å². The first-order chi connectivity index (χ1) is 8.81. The maximum atomic E-state index is 9.15. The van der Waals surface area contributed by atoms with Gasteiger partial charge in [0.2, 0.25) is 0 Å². The van der Waals surface area contributed by atoms with Crippen molar-refractivity contribution in [3.8, 4) is 5.75 Å². The zero-order valence-corrected chi connectivity index (χ0v) is 10.1. The molecule has 0 aliphatic rings. The summed E-state index contributed by atoms with van der Waals surface area (Å²) in [6.07, 6.45) is 5.17. The summed E-state index contributed by atoms with van der Waals surface area (Å²) in [6, 6.07) is 9.18. The van der Waals surface area contributed by atoms with Gasteiger partial charge in [0.15, 0.2) is 0 Å². The maximum Gasteiger partial charge on any atom is 0.121 e. The Hall–Kier alpha value is -2.20. The van der Waals surface area contributed by atoms with Gasteiger partial charge in [0.1, 0.15) is 5.75 Å². The fourth-order valence-electron chi connectivity index (χ4n) is 1.53. The monoisotopic (exact) mass is 242 g/mol.